The van der Waals surface area contributed by atoms with Gasteiger partial charge in [-0.1, -0.05) is 0 Å². The fourth-order valence-corrected chi connectivity index (χ4v) is 0.997. The first-order valence-electron chi connectivity index (χ1n) is 3.24. The lowest BCUT2D eigenvalue weighted by Crippen LogP contribution is -2.30. The van der Waals surface area contributed by atoms with E-state index in [-0.39, 0.29) is 0 Å². The third-order valence-corrected chi connectivity index (χ3v) is 1.51. The maximum absolute atomic E-state index is 4.03. The van der Waals surface area contributed by atoms with Crippen molar-refractivity contribution in [3.05, 3.63) is 18.1 Å². The Bertz CT molecular complexity index is 210. The number of hydrogen-bond donors (Lipinski definition) is 2. The number of hydrazine groups is 1. The predicted molar refractivity (Wildman–Crippen MR) is 37.4 cm³/mol. The second-order valence-corrected chi connectivity index (χ2v) is 2.20. The molecule has 0 aromatic carbocycles. The van der Waals surface area contributed by atoms with E-state index in [2.05, 4.69) is 20.8 Å². The number of fused-ring (bicyclic) bond motifs is 1. The first-order valence-corrected chi connectivity index (χ1v) is 3.24. The van der Waals surface area contributed by atoms with Gasteiger partial charge in [-0.15, -0.1) is 0 Å². The topological polar surface area (TPSA) is 49.8 Å². The van der Waals surface area contributed by atoms with Gasteiger partial charge in [0.15, 0.2) is 0 Å². The van der Waals surface area contributed by atoms with Crippen LogP contribution in [0.25, 0.3) is 0 Å². The van der Waals surface area contributed by atoms with Crippen molar-refractivity contribution in [3.63, 3.8) is 0 Å². The van der Waals surface area contributed by atoms with Crippen LogP contribution in [0.3, 0.4) is 0 Å². The van der Waals surface area contributed by atoms with Gasteiger partial charge in [0.05, 0.1) is 0 Å². The molecule has 0 aliphatic carbocycles. The van der Waals surface area contributed by atoms with Gasteiger partial charge >= 0.3 is 0 Å². The molecule has 1 aromatic rings. The van der Waals surface area contributed by atoms with Gasteiger partial charge in [0.2, 0.25) is 0 Å². The average Bonchev–Trinajstić information content (AvgIpc) is 2.05. The maximum atomic E-state index is 4.03. The Morgan fingerprint density at radius 2 is 2.50 bits per heavy atom. The summed E-state index contributed by atoms with van der Waals surface area (Å²) >= 11 is 0. The largest absolute Gasteiger partial charge is 0.305 e. The van der Waals surface area contributed by atoms with Crippen molar-refractivity contribution in [2.45, 2.75) is 6.42 Å². The molecule has 2 heterocycles. The molecular weight excluding hydrogens is 128 g/mol. The highest BCUT2D eigenvalue weighted by atomic mass is 15.4. The summed E-state index contributed by atoms with van der Waals surface area (Å²) in [4.78, 5) is 7.95. The maximum Gasteiger partial charge on any atom is 0.146 e. The van der Waals surface area contributed by atoms with Crippen LogP contribution in [0.2, 0.25) is 0 Å². The van der Waals surface area contributed by atoms with E-state index >= 15 is 0 Å². The SMILES string of the molecule is c1ncc2c(n1)NNCC2. The first-order chi connectivity index (χ1) is 4.97. The van der Waals surface area contributed by atoms with Gasteiger partial charge in [-0.2, -0.15) is 0 Å². The molecule has 1 aliphatic rings. The molecule has 0 fully saturated rings. The van der Waals surface area contributed by atoms with Crippen LogP contribution >= 0.6 is 0 Å². The summed E-state index contributed by atoms with van der Waals surface area (Å²) in [5, 5.41) is 0. The summed E-state index contributed by atoms with van der Waals surface area (Å²) in [6.45, 7) is 0.945. The third-order valence-electron chi connectivity index (χ3n) is 1.51. The molecule has 0 atom stereocenters. The molecule has 0 saturated heterocycles. The lowest BCUT2D eigenvalue weighted by molar-refractivity contribution is 0.731. The molecule has 0 bridgehead atoms. The van der Waals surface area contributed by atoms with E-state index in [1.54, 1.807) is 6.33 Å². The summed E-state index contributed by atoms with van der Waals surface area (Å²) in [5.74, 6) is 0.904. The number of nitrogens with one attached hydrogen (secondary N) is 2. The minimum absolute atomic E-state index is 0.904. The van der Waals surface area contributed by atoms with E-state index in [0.717, 1.165) is 18.8 Å². The van der Waals surface area contributed by atoms with Crippen LogP contribution in [0.15, 0.2) is 12.5 Å². The van der Waals surface area contributed by atoms with Gasteiger partial charge in [0.25, 0.3) is 0 Å². The fraction of sp³-hybridized carbons (Fsp3) is 0.333. The molecule has 0 saturated carbocycles. The van der Waals surface area contributed by atoms with Crippen molar-refractivity contribution in [1.82, 2.24) is 15.4 Å². The minimum Gasteiger partial charge on any atom is -0.305 e. The van der Waals surface area contributed by atoms with Crippen LogP contribution in [-0.2, 0) is 6.42 Å². The fourth-order valence-electron chi connectivity index (χ4n) is 0.997. The van der Waals surface area contributed by atoms with Gasteiger partial charge in [-0.3, -0.25) is 0 Å². The van der Waals surface area contributed by atoms with E-state index in [0.29, 0.717) is 0 Å². The zero-order chi connectivity index (χ0) is 6.81. The van der Waals surface area contributed by atoms with Gasteiger partial charge in [0, 0.05) is 18.3 Å². The average molecular weight is 136 g/mol. The Morgan fingerprint density at radius 1 is 1.50 bits per heavy atom. The van der Waals surface area contributed by atoms with E-state index in [4.69, 9.17) is 0 Å². The Labute approximate surface area is 58.7 Å². The Kier molecular flexibility index (Phi) is 1.25. The number of nitrogens with zero attached hydrogens (tertiary/aromatic N) is 2. The van der Waals surface area contributed by atoms with Crippen molar-refractivity contribution < 1.29 is 0 Å². The van der Waals surface area contributed by atoms with Crippen molar-refractivity contribution >= 4 is 5.82 Å². The standard InChI is InChI=1S/C6H8N4/c1-2-9-10-6-5(1)3-7-4-8-6/h3-4,9H,1-2H2,(H,7,8,10). The molecule has 4 heteroatoms. The van der Waals surface area contributed by atoms with Crippen molar-refractivity contribution in [1.29, 1.82) is 0 Å². The van der Waals surface area contributed by atoms with Crippen molar-refractivity contribution in [3.8, 4) is 0 Å². The molecular formula is C6H8N4. The Hall–Kier alpha value is -1.16. The van der Waals surface area contributed by atoms with Crippen LogP contribution in [-0.4, -0.2) is 16.5 Å². The Morgan fingerprint density at radius 3 is 3.40 bits per heavy atom. The van der Waals surface area contributed by atoms with Gasteiger partial charge in [-0.05, 0) is 6.42 Å². The lowest BCUT2D eigenvalue weighted by Gasteiger charge is -2.15. The molecule has 4 nitrogen and oxygen atoms in total. The van der Waals surface area contributed by atoms with Gasteiger partial charge in [0.1, 0.15) is 12.1 Å². The van der Waals surface area contributed by atoms with Crippen LogP contribution in [0, 0.1) is 0 Å². The molecule has 1 aliphatic heterocycles. The second kappa shape index (κ2) is 2.22. The smallest absolute Gasteiger partial charge is 0.146 e. The molecule has 0 spiro atoms. The van der Waals surface area contributed by atoms with Crippen LogP contribution in [0.4, 0.5) is 5.82 Å². The molecule has 2 N–H and O–H groups in total. The molecule has 0 unspecified atom stereocenters. The lowest BCUT2D eigenvalue weighted by atomic mass is 10.2. The zero-order valence-corrected chi connectivity index (χ0v) is 5.46. The summed E-state index contributed by atoms with van der Waals surface area (Å²) in [5.41, 5.74) is 7.14. The number of aromatic nitrogens is 2. The summed E-state index contributed by atoms with van der Waals surface area (Å²) < 4.78 is 0. The van der Waals surface area contributed by atoms with Crippen LogP contribution in [0.1, 0.15) is 5.56 Å². The van der Waals surface area contributed by atoms with Gasteiger partial charge < -0.3 is 5.43 Å². The molecule has 0 radical (unpaired) electrons. The van der Waals surface area contributed by atoms with Crippen molar-refractivity contribution in [2.75, 3.05) is 12.0 Å². The zero-order valence-electron chi connectivity index (χ0n) is 5.46. The first kappa shape index (κ1) is 5.61. The highest BCUT2D eigenvalue weighted by Gasteiger charge is 2.06. The summed E-state index contributed by atoms with van der Waals surface area (Å²) in [6, 6.07) is 0. The van der Waals surface area contributed by atoms with Crippen LogP contribution < -0.4 is 10.9 Å². The number of anilines is 1. The highest BCUT2D eigenvalue weighted by molar-refractivity contribution is 5.42. The molecule has 2 rings (SSSR count). The van der Waals surface area contributed by atoms with E-state index < -0.39 is 0 Å². The second-order valence-electron chi connectivity index (χ2n) is 2.20. The summed E-state index contributed by atoms with van der Waals surface area (Å²) in [6.07, 6.45) is 4.39. The quantitative estimate of drug-likeness (QED) is 0.525. The summed E-state index contributed by atoms with van der Waals surface area (Å²) in [7, 11) is 0. The molecule has 0 amide bonds. The van der Waals surface area contributed by atoms with Crippen LogP contribution in [0.5, 0.6) is 0 Å². The van der Waals surface area contributed by atoms with Gasteiger partial charge in [-0.25, -0.2) is 15.4 Å². The molecule has 52 valence electrons. The Balaban J connectivity index is 2.41. The normalized spacial score (nSPS) is 15.6. The highest BCUT2D eigenvalue weighted by Crippen LogP contribution is 2.11. The minimum atomic E-state index is 0.904. The molecule has 10 heavy (non-hydrogen) atoms. The van der Waals surface area contributed by atoms with E-state index in [1.807, 2.05) is 6.20 Å². The number of rotatable bonds is 0. The third kappa shape index (κ3) is 0.823. The van der Waals surface area contributed by atoms with E-state index in [9.17, 15) is 0 Å². The number of hydrogen-bond acceptors (Lipinski definition) is 4. The monoisotopic (exact) mass is 136 g/mol. The predicted octanol–water partition coefficient (Wildman–Crippen LogP) is -0.0508. The van der Waals surface area contributed by atoms with Crippen molar-refractivity contribution in [2.24, 2.45) is 0 Å². The molecule has 1 aromatic heterocycles. The van der Waals surface area contributed by atoms with E-state index in [1.165, 1.54) is 5.56 Å².